The van der Waals surface area contributed by atoms with Gasteiger partial charge in [0.2, 0.25) is 0 Å². The van der Waals surface area contributed by atoms with Crippen LogP contribution >= 0.6 is 0 Å². The number of para-hydroxylation sites is 1. The molecular formula is C28H49NSn. The monoisotopic (exact) mass is 519 g/mol. The summed E-state index contributed by atoms with van der Waals surface area (Å²) in [7, 11) is 0. The van der Waals surface area contributed by atoms with Gasteiger partial charge >= 0.3 is 192 Å². The first-order chi connectivity index (χ1) is 14.7. The van der Waals surface area contributed by atoms with Crippen LogP contribution in [0, 0.1) is 0 Å². The van der Waals surface area contributed by atoms with Gasteiger partial charge in [-0.1, -0.05) is 0 Å². The molecule has 0 aliphatic carbocycles. The Morgan fingerprint density at radius 2 is 1.17 bits per heavy atom. The molecule has 1 aromatic carbocycles. The quantitative estimate of drug-likeness (QED) is 0.145. The number of benzene rings is 1. The van der Waals surface area contributed by atoms with E-state index in [4.69, 9.17) is 0 Å². The Kier molecular flexibility index (Phi) is 12.6. The molecule has 0 N–H and O–H groups in total. The summed E-state index contributed by atoms with van der Waals surface area (Å²) in [5.41, 5.74) is 1.52. The number of hydrogen-bond acceptors (Lipinski definition) is 0. The molecule has 0 spiro atoms. The molecule has 0 unspecified atom stereocenters. The minimum atomic E-state index is -2.42. The minimum absolute atomic E-state index is 1.25. The number of nitrogens with zero attached hydrogens (tertiary/aromatic N) is 1. The fraction of sp³-hybridized carbons (Fsp3) is 0.714. The van der Waals surface area contributed by atoms with E-state index in [-0.39, 0.29) is 0 Å². The van der Waals surface area contributed by atoms with Crippen LogP contribution in [0.4, 0.5) is 0 Å². The van der Waals surface area contributed by atoms with Gasteiger partial charge in [0.15, 0.2) is 0 Å². The molecule has 2 heteroatoms. The van der Waals surface area contributed by atoms with Gasteiger partial charge in [0.1, 0.15) is 0 Å². The number of unbranched alkanes of at least 4 members (excludes halogenated alkanes) is 8. The number of aryl methyl sites for hydroxylation is 1. The molecule has 2 aromatic rings. The summed E-state index contributed by atoms with van der Waals surface area (Å²) in [5.74, 6) is 0. The predicted molar refractivity (Wildman–Crippen MR) is 140 cm³/mol. The fourth-order valence-corrected chi connectivity index (χ4v) is 22.0. The normalized spacial score (nSPS) is 12.1. The van der Waals surface area contributed by atoms with Crippen molar-refractivity contribution in [1.82, 2.24) is 4.57 Å². The van der Waals surface area contributed by atoms with Gasteiger partial charge in [0.25, 0.3) is 0 Å². The Labute approximate surface area is 191 Å². The molecule has 0 radical (unpaired) electrons. The van der Waals surface area contributed by atoms with Gasteiger partial charge in [-0.15, -0.1) is 0 Å². The number of rotatable bonds is 17. The van der Waals surface area contributed by atoms with E-state index in [2.05, 4.69) is 62.6 Å². The van der Waals surface area contributed by atoms with Crippen molar-refractivity contribution in [1.29, 1.82) is 0 Å². The molecule has 170 valence electrons. The van der Waals surface area contributed by atoms with Crippen LogP contribution in [0.25, 0.3) is 10.9 Å². The van der Waals surface area contributed by atoms with Crippen molar-refractivity contribution in [2.45, 2.75) is 125 Å². The van der Waals surface area contributed by atoms with E-state index in [0.29, 0.717) is 0 Å². The van der Waals surface area contributed by atoms with E-state index in [1.54, 1.807) is 13.3 Å². The number of fused-ring (bicyclic) bond motifs is 1. The number of aromatic nitrogens is 1. The van der Waals surface area contributed by atoms with Gasteiger partial charge in [-0.3, -0.25) is 0 Å². The second kappa shape index (κ2) is 14.6. The van der Waals surface area contributed by atoms with E-state index >= 15 is 0 Å². The maximum absolute atomic E-state index is 2.84. The van der Waals surface area contributed by atoms with Gasteiger partial charge in [0, 0.05) is 0 Å². The Morgan fingerprint density at radius 3 is 1.77 bits per heavy atom. The summed E-state index contributed by atoms with van der Waals surface area (Å²) < 4.78 is 9.41. The van der Waals surface area contributed by atoms with Crippen LogP contribution in [0.3, 0.4) is 0 Å². The summed E-state index contributed by atoms with van der Waals surface area (Å²) in [6.07, 6.45) is 16.7. The second-order valence-corrected chi connectivity index (χ2v) is 22.7. The molecule has 0 aliphatic rings. The SMILES string of the molecule is CCCCCCCCn1[c]([Sn]([CH2]CCC)([CH2]CCC)[CH2]CCC)cc2ccccc21. The molecule has 1 aromatic heterocycles. The van der Waals surface area contributed by atoms with E-state index in [9.17, 15) is 0 Å². The van der Waals surface area contributed by atoms with Crippen LogP contribution in [0.2, 0.25) is 13.3 Å². The predicted octanol–water partition coefficient (Wildman–Crippen LogP) is 9.06. The zero-order chi connectivity index (χ0) is 21.7. The van der Waals surface area contributed by atoms with Crippen molar-refractivity contribution in [3.63, 3.8) is 0 Å². The average molecular weight is 518 g/mol. The van der Waals surface area contributed by atoms with E-state index in [1.165, 1.54) is 94.5 Å². The Hall–Kier alpha value is -0.441. The van der Waals surface area contributed by atoms with Crippen molar-refractivity contribution in [3.8, 4) is 0 Å². The Morgan fingerprint density at radius 1 is 0.633 bits per heavy atom. The third-order valence-electron chi connectivity index (χ3n) is 7.12. The van der Waals surface area contributed by atoms with Gasteiger partial charge in [-0.05, 0) is 0 Å². The summed E-state index contributed by atoms with van der Waals surface area (Å²) in [5, 5.41) is 1.50. The third kappa shape index (κ3) is 7.31. The van der Waals surface area contributed by atoms with Crippen LogP contribution in [0.1, 0.15) is 105 Å². The van der Waals surface area contributed by atoms with Crippen LogP contribution in [-0.4, -0.2) is 22.9 Å². The summed E-state index contributed by atoms with van der Waals surface area (Å²) >= 11 is -2.42. The standard InChI is InChI=1S/C16H22N.3C4H9.Sn/c1-2-3-4-5-6-9-13-17-14-12-15-10-7-8-11-16(15)17;3*1-3-4-2;/h7-8,10-12H,2-6,9,13H2,1H3;3*1,3-4H2,2H3;. The van der Waals surface area contributed by atoms with Crippen molar-refractivity contribution in [2.24, 2.45) is 0 Å². The summed E-state index contributed by atoms with van der Waals surface area (Å²) in [6.45, 7) is 10.7. The molecule has 0 saturated carbocycles. The van der Waals surface area contributed by atoms with Crippen LogP contribution in [0.5, 0.6) is 0 Å². The third-order valence-corrected chi connectivity index (χ3v) is 22.6. The van der Waals surface area contributed by atoms with Crippen LogP contribution in [0.15, 0.2) is 30.3 Å². The average Bonchev–Trinajstić information content (AvgIpc) is 3.15. The van der Waals surface area contributed by atoms with E-state index < -0.39 is 18.4 Å². The first kappa shape index (κ1) is 25.8. The Bertz CT molecular complexity index is 680. The molecule has 0 fully saturated rings. The zero-order valence-electron chi connectivity index (χ0n) is 20.6. The topological polar surface area (TPSA) is 4.93 Å². The fourth-order valence-electron chi connectivity index (χ4n) is 5.25. The maximum atomic E-state index is 2.84. The van der Waals surface area contributed by atoms with Gasteiger partial charge < -0.3 is 0 Å². The Balaban J connectivity index is 2.36. The van der Waals surface area contributed by atoms with Crippen molar-refractivity contribution in [3.05, 3.63) is 30.3 Å². The number of hydrogen-bond donors (Lipinski definition) is 0. The first-order valence-electron chi connectivity index (χ1n) is 13.3. The molecule has 2 rings (SSSR count). The first-order valence-corrected chi connectivity index (χ1v) is 20.8. The van der Waals surface area contributed by atoms with E-state index in [1.807, 2.05) is 3.71 Å². The van der Waals surface area contributed by atoms with E-state index in [0.717, 1.165) is 0 Å². The molecule has 0 saturated heterocycles. The molecule has 0 bridgehead atoms. The van der Waals surface area contributed by atoms with Gasteiger partial charge in [-0.25, -0.2) is 0 Å². The molecule has 0 atom stereocenters. The molecule has 1 nitrogen and oxygen atoms in total. The van der Waals surface area contributed by atoms with Crippen LogP contribution < -0.4 is 3.71 Å². The summed E-state index contributed by atoms with van der Waals surface area (Å²) in [4.78, 5) is 0. The molecule has 0 amide bonds. The van der Waals surface area contributed by atoms with Gasteiger partial charge in [-0.2, -0.15) is 0 Å². The summed E-state index contributed by atoms with van der Waals surface area (Å²) in [6, 6.07) is 11.9. The van der Waals surface area contributed by atoms with Crippen LogP contribution in [-0.2, 0) is 6.54 Å². The molecule has 1 heterocycles. The van der Waals surface area contributed by atoms with Crippen molar-refractivity contribution in [2.75, 3.05) is 0 Å². The van der Waals surface area contributed by atoms with Crippen molar-refractivity contribution >= 4 is 33.0 Å². The second-order valence-electron chi connectivity index (χ2n) is 9.60. The van der Waals surface area contributed by atoms with Gasteiger partial charge in [0.05, 0.1) is 0 Å². The van der Waals surface area contributed by atoms with Crippen molar-refractivity contribution < 1.29 is 0 Å². The zero-order valence-corrected chi connectivity index (χ0v) is 23.5. The molecule has 0 aliphatic heterocycles. The molecule has 30 heavy (non-hydrogen) atoms. The molecular weight excluding hydrogens is 469 g/mol.